The van der Waals surface area contributed by atoms with E-state index in [0.717, 1.165) is 35.1 Å². The molecule has 0 unspecified atom stereocenters. The fourth-order valence-electron chi connectivity index (χ4n) is 3.92. The first kappa shape index (κ1) is 23.1. The number of aromatic nitrogens is 5. The summed E-state index contributed by atoms with van der Waals surface area (Å²) in [5.74, 6) is 0.756. The summed E-state index contributed by atoms with van der Waals surface area (Å²) in [7, 11) is 0. The van der Waals surface area contributed by atoms with E-state index in [2.05, 4.69) is 66.1 Å². The van der Waals surface area contributed by atoms with Crippen LogP contribution in [-0.2, 0) is 12.1 Å². The number of pyridine rings is 1. The van der Waals surface area contributed by atoms with Gasteiger partial charge in [0.15, 0.2) is 5.82 Å². The molecule has 168 valence electrons. The van der Waals surface area contributed by atoms with Gasteiger partial charge in [0.2, 0.25) is 0 Å². The number of nitrogens with one attached hydrogen (secondary N) is 1. The first-order valence-electron chi connectivity index (χ1n) is 11.0. The van der Waals surface area contributed by atoms with Crippen molar-refractivity contribution < 1.29 is 5.11 Å². The lowest BCUT2D eigenvalue weighted by Gasteiger charge is -2.32. The highest BCUT2D eigenvalue weighted by molar-refractivity contribution is 5.80. The Hall–Kier alpha value is -2.58. The molecule has 8 nitrogen and oxygen atoms in total. The molecule has 2 heterocycles. The van der Waals surface area contributed by atoms with E-state index in [-0.39, 0.29) is 23.7 Å². The summed E-state index contributed by atoms with van der Waals surface area (Å²) >= 11 is 0. The van der Waals surface area contributed by atoms with Gasteiger partial charge in [-0.15, -0.1) is 5.10 Å². The van der Waals surface area contributed by atoms with Crippen molar-refractivity contribution in [2.45, 2.75) is 72.5 Å². The number of rotatable bonds is 9. The van der Waals surface area contributed by atoms with E-state index >= 15 is 0 Å². The topological polar surface area (TPSA) is 99.9 Å². The van der Waals surface area contributed by atoms with Crippen LogP contribution in [0.5, 0.6) is 0 Å². The number of hydrogen-bond acceptors (Lipinski definition) is 6. The van der Waals surface area contributed by atoms with Crippen LogP contribution in [0.25, 0.3) is 10.9 Å². The summed E-state index contributed by atoms with van der Waals surface area (Å²) in [5, 5.41) is 23.3. The summed E-state index contributed by atoms with van der Waals surface area (Å²) in [5.41, 5.74) is 3.50. The molecule has 2 N–H and O–H groups in total. The van der Waals surface area contributed by atoms with Crippen LogP contribution in [0, 0.1) is 13.8 Å². The maximum absolute atomic E-state index is 12.8. The predicted molar refractivity (Wildman–Crippen MR) is 122 cm³/mol. The molecule has 0 aliphatic heterocycles. The van der Waals surface area contributed by atoms with Crippen molar-refractivity contribution in [3.63, 3.8) is 0 Å². The van der Waals surface area contributed by atoms with Gasteiger partial charge in [-0.1, -0.05) is 13.8 Å². The second kappa shape index (κ2) is 9.28. The summed E-state index contributed by atoms with van der Waals surface area (Å²) in [6, 6.07) is 5.94. The number of H-pyrrole nitrogens is 1. The van der Waals surface area contributed by atoms with Crippen LogP contribution >= 0.6 is 0 Å². The Morgan fingerprint density at radius 1 is 1.19 bits per heavy atom. The van der Waals surface area contributed by atoms with Gasteiger partial charge in [0.25, 0.3) is 5.56 Å². The molecule has 8 heteroatoms. The quantitative estimate of drug-likeness (QED) is 0.545. The summed E-state index contributed by atoms with van der Waals surface area (Å²) in [6.07, 6.45) is 1.63. The fraction of sp³-hybridized carbons (Fsp3) is 0.565. The number of aliphatic hydroxyl groups is 1. The zero-order valence-electron chi connectivity index (χ0n) is 19.4. The van der Waals surface area contributed by atoms with Crippen molar-refractivity contribution in [1.29, 1.82) is 0 Å². The van der Waals surface area contributed by atoms with Gasteiger partial charge in [-0.05, 0) is 85.7 Å². The molecule has 0 amide bonds. The van der Waals surface area contributed by atoms with Crippen molar-refractivity contribution in [2.24, 2.45) is 0 Å². The smallest absolute Gasteiger partial charge is 0.252 e. The second-order valence-corrected chi connectivity index (χ2v) is 8.88. The minimum atomic E-state index is -0.229. The molecule has 0 aliphatic carbocycles. The number of aliphatic hydroxyl groups excluding tert-OH is 1. The number of hydrogen-bond donors (Lipinski definition) is 2. The molecule has 0 saturated carbocycles. The zero-order valence-corrected chi connectivity index (χ0v) is 19.4. The van der Waals surface area contributed by atoms with Crippen molar-refractivity contribution in [3.8, 4) is 0 Å². The van der Waals surface area contributed by atoms with Gasteiger partial charge in [0.1, 0.15) is 0 Å². The van der Waals surface area contributed by atoms with Crippen molar-refractivity contribution in [2.75, 3.05) is 13.2 Å². The van der Waals surface area contributed by atoms with E-state index in [9.17, 15) is 9.90 Å². The average molecular weight is 427 g/mol. The standard InChI is InChI=1S/C23H34N6O2/c1-7-20(21-25-26-27-29(21)23(5,6)8-2)28(9-10-30)14-18-13-17-11-15(3)16(4)12-19(17)24-22(18)31/h11-13,20,30H,7-10,14H2,1-6H3,(H,24,31)/t20-/m0/s1. The third-order valence-electron chi connectivity index (χ3n) is 6.35. The highest BCUT2D eigenvalue weighted by Gasteiger charge is 2.30. The lowest BCUT2D eigenvalue weighted by molar-refractivity contribution is 0.125. The molecular weight excluding hydrogens is 392 g/mol. The zero-order chi connectivity index (χ0) is 22.8. The second-order valence-electron chi connectivity index (χ2n) is 8.88. The first-order chi connectivity index (χ1) is 14.7. The van der Waals surface area contributed by atoms with Crippen LogP contribution in [0.4, 0.5) is 0 Å². The highest BCUT2D eigenvalue weighted by Crippen LogP contribution is 2.28. The molecule has 0 aliphatic rings. The molecule has 0 bridgehead atoms. The number of tetrazole rings is 1. The predicted octanol–water partition coefficient (Wildman–Crippen LogP) is 3.22. The van der Waals surface area contributed by atoms with Gasteiger partial charge in [-0.2, -0.15) is 0 Å². The van der Waals surface area contributed by atoms with E-state index in [4.69, 9.17) is 0 Å². The Labute approximate surface area is 183 Å². The molecule has 0 spiro atoms. The maximum Gasteiger partial charge on any atom is 0.252 e. The van der Waals surface area contributed by atoms with Crippen LogP contribution in [0.2, 0.25) is 0 Å². The third-order valence-corrected chi connectivity index (χ3v) is 6.35. The van der Waals surface area contributed by atoms with Gasteiger partial charge >= 0.3 is 0 Å². The number of aryl methyl sites for hydroxylation is 2. The van der Waals surface area contributed by atoms with Gasteiger partial charge in [0.05, 0.1) is 18.2 Å². The van der Waals surface area contributed by atoms with Gasteiger partial charge < -0.3 is 10.1 Å². The van der Waals surface area contributed by atoms with Gasteiger partial charge in [0, 0.05) is 24.2 Å². The lowest BCUT2D eigenvalue weighted by atomic mass is 10.0. The van der Waals surface area contributed by atoms with Crippen LogP contribution in [0.1, 0.15) is 69.1 Å². The Morgan fingerprint density at radius 2 is 1.90 bits per heavy atom. The summed E-state index contributed by atoms with van der Waals surface area (Å²) in [4.78, 5) is 18.0. The normalized spacial score (nSPS) is 13.3. The summed E-state index contributed by atoms with van der Waals surface area (Å²) in [6.45, 7) is 13.3. The SMILES string of the molecule is CC[C@@H](c1nnnn1C(C)(C)CC)N(CCO)Cc1cc2cc(C)c(C)cc2[nH]c1=O. The molecule has 2 aromatic heterocycles. The first-order valence-corrected chi connectivity index (χ1v) is 11.0. The Bertz CT molecular complexity index is 1100. The van der Waals surface area contributed by atoms with Crippen molar-refractivity contribution in [1.82, 2.24) is 30.1 Å². The fourth-order valence-corrected chi connectivity index (χ4v) is 3.92. The number of benzene rings is 1. The Morgan fingerprint density at radius 3 is 2.55 bits per heavy atom. The minimum Gasteiger partial charge on any atom is -0.395 e. The summed E-state index contributed by atoms with van der Waals surface area (Å²) < 4.78 is 1.88. The molecular formula is C23H34N6O2. The van der Waals surface area contributed by atoms with E-state index in [1.165, 1.54) is 5.56 Å². The molecule has 1 aromatic carbocycles. The molecule has 3 rings (SSSR count). The molecule has 0 saturated heterocycles. The van der Waals surface area contributed by atoms with Crippen LogP contribution < -0.4 is 5.56 Å². The highest BCUT2D eigenvalue weighted by atomic mass is 16.3. The molecule has 0 fully saturated rings. The molecule has 0 radical (unpaired) electrons. The Balaban J connectivity index is 2.01. The maximum atomic E-state index is 12.8. The molecule has 3 aromatic rings. The third kappa shape index (κ3) is 4.70. The van der Waals surface area contributed by atoms with Gasteiger partial charge in [-0.25, -0.2) is 4.68 Å². The van der Waals surface area contributed by atoms with Gasteiger partial charge in [-0.3, -0.25) is 9.69 Å². The average Bonchev–Trinajstić information content (AvgIpc) is 3.21. The number of fused-ring (bicyclic) bond motifs is 1. The lowest BCUT2D eigenvalue weighted by Crippen LogP contribution is -2.37. The number of nitrogens with zero attached hydrogens (tertiary/aromatic N) is 5. The Kier molecular flexibility index (Phi) is 6.91. The van der Waals surface area contributed by atoms with Crippen molar-refractivity contribution >= 4 is 10.9 Å². The van der Waals surface area contributed by atoms with E-state index in [1.54, 1.807) is 0 Å². The largest absolute Gasteiger partial charge is 0.395 e. The van der Waals surface area contributed by atoms with E-state index in [0.29, 0.717) is 18.7 Å². The van der Waals surface area contributed by atoms with Crippen LogP contribution in [0.3, 0.4) is 0 Å². The molecule has 1 atom stereocenters. The molecule has 31 heavy (non-hydrogen) atoms. The number of aromatic amines is 1. The van der Waals surface area contributed by atoms with E-state index < -0.39 is 0 Å². The van der Waals surface area contributed by atoms with Crippen LogP contribution in [-0.4, -0.2) is 48.3 Å². The van der Waals surface area contributed by atoms with E-state index in [1.807, 2.05) is 23.7 Å². The van der Waals surface area contributed by atoms with Crippen LogP contribution in [0.15, 0.2) is 23.0 Å². The van der Waals surface area contributed by atoms with Crippen molar-refractivity contribution in [3.05, 3.63) is 51.1 Å². The minimum absolute atomic E-state index is 0.0149. The monoisotopic (exact) mass is 426 g/mol.